The van der Waals surface area contributed by atoms with Crippen LogP contribution in [-0.4, -0.2) is 13.1 Å². The Morgan fingerprint density at radius 3 is 1.05 bits per heavy atom. The van der Waals surface area contributed by atoms with Crippen LogP contribution in [0.25, 0.3) is 0 Å². The Kier molecular flexibility index (Phi) is 11.3. The molecule has 0 radical (unpaired) electrons. The first-order chi connectivity index (χ1) is 9.66. The summed E-state index contributed by atoms with van der Waals surface area (Å²) in [5.41, 5.74) is 0. The second-order valence-corrected chi connectivity index (χ2v) is 17.0. The summed E-state index contributed by atoms with van der Waals surface area (Å²) in [4.78, 5) is 11.2. The zero-order chi connectivity index (χ0) is 18.2. The van der Waals surface area contributed by atoms with Crippen molar-refractivity contribution >= 4 is 26.9 Å². The van der Waals surface area contributed by atoms with Gasteiger partial charge in [-0.3, -0.25) is 0 Å². The van der Waals surface area contributed by atoms with Crippen LogP contribution in [0, 0.1) is 0 Å². The monoisotopic (exact) mass is 399 g/mol. The minimum absolute atomic E-state index is 0.0174. The summed E-state index contributed by atoms with van der Waals surface area (Å²) in [6.45, 7) is 19.6. The summed E-state index contributed by atoms with van der Waals surface area (Å²) >= 11 is -0.556. The van der Waals surface area contributed by atoms with Gasteiger partial charge in [0, 0.05) is 0 Å². The minimum Gasteiger partial charge on any atom is -0.214 e. The molecular formula is C17H33Cl2OSiTi-. The van der Waals surface area contributed by atoms with E-state index in [0.29, 0.717) is 0 Å². The van der Waals surface area contributed by atoms with Crippen LogP contribution in [0.15, 0.2) is 30.3 Å². The summed E-state index contributed by atoms with van der Waals surface area (Å²) < 4.78 is 0. The molecule has 0 saturated heterocycles. The number of hydrogen-bond acceptors (Lipinski definition) is 1. The molecule has 0 aliphatic carbocycles. The van der Waals surface area contributed by atoms with E-state index in [0.717, 1.165) is 0 Å². The first-order valence-corrected chi connectivity index (χ1v) is 13.8. The largest absolute Gasteiger partial charge is 0.214 e. The van der Waals surface area contributed by atoms with Gasteiger partial charge in [-0.1, -0.05) is 62.3 Å². The van der Waals surface area contributed by atoms with Gasteiger partial charge >= 0.3 is 35.6 Å². The van der Waals surface area contributed by atoms with Gasteiger partial charge in [0.25, 0.3) is 0 Å². The van der Waals surface area contributed by atoms with Gasteiger partial charge < -0.3 is 4.80 Å². The average molecular weight is 400 g/mol. The first kappa shape index (κ1) is 25.1. The molecule has 0 heterocycles. The van der Waals surface area contributed by atoms with Gasteiger partial charge in [0.1, 0.15) is 0 Å². The molecule has 0 aromatic heterocycles. The van der Waals surface area contributed by atoms with E-state index in [9.17, 15) is 4.80 Å². The second kappa shape index (κ2) is 9.96. The van der Waals surface area contributed by atoms with Crippen molar-refractivity contribution in [3.8, 4) is 0 Å². The molecule has 0 atom stereocenters. The predicted molar refractivity (Wildman–Crippen MR) is 101 cm³/mol. The van der Waals surface area contributed by atoms with Crippen molar-refractivity contribution in [3.63, 3.8) is 0 Å². The van der Waals surface area contributed by atoms with Crippen LogP contribution in [0.4, 0.5) is 0 Å². The summed E-state index contributed by atoms with van der Waals surface area (Å²) in [5.74, 6) is 0. The molecule has 0 aliphatic rings. The van der Waals surface area contributed by atoms with E-state index in [2.05, 4.69) is 62.3 Å². The smallest absolute Gasteiger partial charge is 0.172 e. The summed E-state index contributed by atoms with van der Waals surface area (Å²) in [6.07, 6.45) is 0. The molecule has 0 aliphatic heterocycles. The van der Waals surface area contributed by atoms with Gasteiger partial charge in [-0.05, 0) is 15.1 Å². The molecule has 1 rings (SSSR count). The van der Waals surface area contributed by atoms with Crippen molar-refractivity contribution in [3.05, 3.63) is 30.3 Å². The quantitative estimate of drug-likeness (QED) is 0.364. The van der Waals surface area contributed by atoms with Crippen LogP contribution in [-0.2, 0) is 17.0 Å². The summed E-state index contributed by atoms with van der Waals surface area (Å²) in [6, 6.07) is 10.0. The Balaban J connectivity index is 0. The Labute approximate surface area is 156 Å². The number of rotatable bonds is 0. The van der Waals surface area contributed by atoms with Gasteiger partial charge in [-0.2, -0.15) is 18.2 Å². The van der Waals surface area contributed by atoms with Crippen LogP contribution in [0.3, 0.4) is 0 Å². The van der Waals surface area contributed by atoms with Gasteiger partial charge in [0.15, 0.2) is 0 Å². The molecule has 130 valence electrons. The molecule has 0 fully saturated rings. The van der Waals surface area contributed by atoms with E-state index in [1.165, 1.54) is 0 Å². The maximum Gasteiger partial charge on any atom is -0.172 e. The number of hydrogen-bond donors (Lipinski definition) is 1. The van der Waals surface area contributed by atoms with Crippen molar-refractivity contribution in [2.45, 2.75) is 77.4 Å². The normalized spacial score (nSPS) is 12.5. The SMILES string of the molecule is CC(C)(C)[Si](O)(C(C)(C)C)C(C)(C)C.[Cl][Ti][Cl].c1cc[cH-]c1. The molecule has 5 heteroatoms. The third-order valence-corrected chi connectivity index (χ3v) is 10.3. The topological polar surface area (TPSA) is 20.2 Å². The maximum absolute atomic E-state index is 11.2. The Morgan fingerprint density at radius 2 is 1.00 bits per heavy atom. The molecular weight excluding hydrogens is 367 g/mol. The zero-order valence-electron chi connectivity index (χ0n) is 15.6. The fourth-order valence-electron chi connectivity index (χ4n) is 3.70. The molecule has 22 heavy (non-hydrogen) atoms. The third-order valence-electron chi connectivity index (χ3n) is 3.81. The fraction of sp³-hybridized carbons (Fsp3) is 0.706. The van der Waals surface area contributed by atoms with Crippen LogP contribution in [0.5, 0.6) is 0 Å². The minimum atomic E-state index is -2.35. The summed E-state index contributed by atoms with van der Waals surface area (Å²) in [5, 5.41) is 0.0521. The molecule has 1 aromatic rings. The summed E-state index contributed by atoms with van der Waals surface area (Å²) in [7, 11) is 7.42. The van der Waals surface area contributed by atoms with Gasteiger partial charge in [0.05, 0.1) is 0 Å². The van der Waals surface area contributed by atoms with Gasteiger partial charge in [0.2, 0.25) is 8.32 Å². The fourth-order valence-corrected chi connectivity index (χ4v) is 10.4. The van der Waals surface area contributed by atoms with E-state index >= 15 is 0 Å². The van der Waals surface area contributed by atoms with Crippen LogP contribution in [0.1, 0.15) is 62.3 Å². The molecule has 0 saturated carbocycles. The molecule has 0 spiro atoms. The molecule has 1 N–H and O–H groups in total. The van der Waals surface area contributed by atoms with Gasteiger partial charge in [-0.25, -0.2) is 12.1 Å². The van der Waals surface area contributed by atoms with Crippen molar-refractivity contribution in [2.75, 3.05) is 0 Å². The Hall–Kier alpha value is 0.821. The average Bonchev–Trinajstić information content (AvgIpc) is 2.82. The van der Waals surface area contributed by atoms with E-state index in [1.807, 2.05) is 30.3 Å². The third kappa shape index (κ3) is 7.59. The van der Waals surface area contributed by atoms with Gasteiger partial charge in [-0.15, -0.1) is 0 Å². The van der Waals surface area contributed by atoms with E-state index in [4.69, 9.17) is 18.6 Å². The molecule has 0 bridgehead atoms. The zero-order valence-corrected chi connectivity index (χ0v) is 19.7. The van der Waals surface area contributed by atoms with Crippen LogP contribution >= 0.6 is 18.6 Å². The second-order valence-electron chi connectivity index (χ2n) is 8.49. The van der Waals surface area contributed by atoms with Crippen LogP contribution in [0.2, 0.25) is 15.1 Å². The van der Waals surface area contributed by atoms with Crippen molar-refractivity contribution in [1.82, 2.24) is 0 Å². The van der Waals surface area contributed by atoms with Crippen LogP contribution < -0.4 is 0 Å². The Morgan fingerprint density at radius 1 is 0.773 bits per heavy atom. The Bertz CT molecular complexity index is 320. The van der Waals surface area contributed by atoms with E-state index < -0.39 is 25.3 Å². The predicted octanol–water partition coefficient (Wildman–Crippen LogP) is 7.11. The van der Waals surface area contributed by atoms with Crippen molar-refractivity contribution in [1.29, 1.82) is 0 Å². The van der Waals surface area contributed by atoms with E-state index in [1.54, 1.807) is 0 Å². The van der Waals surface area contributed by atoms with E-state index in [-0.39, 0.29) is 15.1 Å². The maximum atomic E-state index is 11.2. The van der Waals surface area contributed by atoms with Crippen molar-refractivity contribution in [2.24, 2.45) is 0 Å². The number of halogens is 2. The molecule has 0 unspecified atom stereocenters. The first-order valence-electron chi connectivity index (χ1n) is 7.52. The molecule has 1 nitrogen and oxygen atoms in total. The standard InChI is InChI=1S/C12H28OSi.C5H5.2ClH.Ti/c1-10(2,3)14(13,11(4,5)6)12(7,8)9;1-2-4-5-3-1;;;/h13H,1-9H3;1-5H;2*1H;/q;-1;;;+2/p-2. The van der Waals surface area contributed by atoms with Crippen molar-refractivity contribution < 1.29 is 21.8 Å². The molecule has 1 aromatic carbocycles. The molecule has 0 amide bonds.